The first kappa shape index (κ1) is 21.3. The van der Waals surface area contributed by atoms with Crippen molar-refractivity contribution in [3.63, 3.8) is 0 Å². The van der Waals surface area contributed by atoms with Gasteiger partial charge < -0.3 is 19.8 Å². The fourth-order valence-electron chi connectivity index (χ4n) is 6.19. The number of carbonyl (C=O) groups excluding carboxylic acids is 1. The molecule has 0 aromatic carbocycles. The Morgan fingerprint density at radius 2 is 2.17 bits per heavy atom. The Labute approximate surface area is 179 Å². The van der Waals surface area contributed by atoms with Crippen molar-refractivity contribution < 1.29 is 19.7 Å². The number of ether oxygens (including phenoxy) is 1. The van der Waals surface area contributed by atoms with Gasteiger partial charge >= 0.3 is 5.97 Å². The van der Waals surface area contributed by atoms with E-state index in [4.69, 9.17) is 4.74 Å². The molecule has 0 spiro atoms. The largest absolute Gasteiger partial charge is 0.460 e. The fraction of sp³-hybridized carbons (Fsp3) is 0.667. The Kier molecular flexibility index (Phi) is 5.90. The number of pyridine rings is 1. The van der Waals surface area contributed by atoms with Crippen molar-refractivity contribution in [2.45, 2.75) is 64.2 Å². The number of anilines is 1. The minimum absolute atomic E-state index is 0.0593. The van der Waals surface area contributed by atoms with E-state index in [0.29, 0.717) is 12.3 Å². The average molecular weight is 415 g/mol. The van der Waals surface area contributed by atoms with Crippen LogP contribution in [0.15, 0.2) is 24.4 Å². The Balaban J connectivity index is 1.56. The molecule has 1 saturated carbocycles. The van der Waals surface area contributed by atoms with E-state index >= 15 is 0 Å². The Hall–Kier alpha value is -1.92. The van der Waals surface area contributed by atoms with Crippen molar-refractivity contribution >= 4 is 17.7 Å². The minimum atomic E-state index is -1.38. The molecule has 0 radical (unpaired) electrons. The summed E-state index contributed by atoms with van der Waals surface area (Å²) in [6.45, 7) is 7.32. The number of aliphatic hydroxyl groups is 2. The number of allylic oxidation sites excluding steroid dienone is 1. The third-order valence-corrected chi connectivity index (χ3v) is 7.63. The van der Waals surface area contributed by atoms with Crippen molar-refractivity contribution in [3.05, 3.63) is 30.1 Å². The summed E-state index contributed by atoms with van der Waals surface area (Å²) in [6, 6.07) is 4.24. The standard InChI is InChI=1S/C24H34N2O4/c1-4-20-15(2)12-24(29)22(16(3)30-23(24)28)21(20)10-8-17-7-9-18(13-25-17)26-11-5-6-19(26)14-27/h7-10,13,15-16,19-22,27,29H,4-6,11-12,14H2,1-3H3/b10-8+/t15?,16?,19-,20?,21?,22?,24?/m1/s1. The zero-order chi connectivity index (χ0) is 21.5. The minimum Gasteiger partial charge on any atom is -0.460 e. The lowest BCUT2D eigenvalue weighted by Crippen LogP contribution is -2.53. The van der Waals surface area contributed by atoms with Crippen LogP contribution in [0.1, 0.15) is 52.1 Å². The second kappa shape index (κ2) is 8.31. The topological polar surface area (TPSA) is 82.9 Å². The van der Waals surface area contributed by atoms with Crippen molar-refractivity contribution in [1.82, 2.24) is 4.98 Å². The summed E-state index contributed by atoms with van der Waals surface area (Å²) in [5, 5.41) is 20.7. The zero-order valence-corrected chi connectivity index (χ0v) is 18.2. The van der Waals surface area contributed by atoms with Gasteiger partial charge in [0.15, 0.2) is 5.60 Å². The van der Waals surface area contributed by atoms with Gasteiger partial charge in [-0.3, -0.25) is 4.98 Å². The van der Waals surface area contributed by atoms with Gasteiger partial charge in [0.1, 0.15) is 6.10 Å². The van der Waals surface area contributed by atoms with Crippen LogP contribution in [0.3, 0.4) is 0 Å². The highest BCUT2D eigenvalue weighted by Crippen LogP contribution is 2.52. The molecule has 0 bridgehead atoms. The van der Waals surface area contributed by atoms with Crippen LogP contribution in [-0.2, 0) is 9.53 Å². The van der Waals surface area contributed by atoms with Crippen molar-refractivity contribution in [2.24, 2.45) is 23.7 Å². The molecule has 3 fully saturated rings. The molecule has 6 heteroatoms. The average Bonchev–Trinajstić information content (AvgIpc) is 3.28. The van der Waals surface area contributed by atoms with Crippen LogP contribution in [0.5, 0.6) is 0 Å². The lowest BCUT2D eigenvalue weighted by molar-refractivity contribution is -0.160. The highest BCUT2D eigenvalue weighted by molar-refractivity contribution is 5.82. The molecule has 3 aliphatic rings. The third-order valence-electron chi connectivity index (χ3n) is 7.63. The fourth-order valence-corrected chi connectivity index (χ4v) is 6.19. The summed E-state index contributed by atoms with van der Waals surface area (Å²) in [5.74, 6) is -0.00530. The van der Waals surface area contributed by atoms with E-state index in [1.54, 1.807) is 0 Å². The molecule has 0 amide bonds. The monoisotopic (exact) mass is 414 g/mol. The molecule has 7 atom stereocenters. The summed E-state index contributed by atoms with van der Waals surface area (Å²) in [6.07, 6.45) is 9.29. The molecule has 1 aromatic heterocycles. The molecule has 2 saturated heterocycles. The molecule has 2 N–H and O–H groups in total. The molecule has 3 heterocycles. The molecule has 6 unspecified atom stereocenters. The molecular weight excluding hydrogens is 380 g/mol. The second-order valence-electron chi connectivity index (χ2n) is 9.36. The second-order valence-corrected chi connectivity index (χ2v) is 9.36. The summed E-state index contributed by atoms with van der Waals surface area (Å²) in [7, 11) is 0. The number of esters is 1. The molecule has 1 aromatic rings. The zero-order valence-electron chi connectivity index (χ0n) is 18.2. The number of cyclic esters (lactones) is 1. The maximum absolute atomic E-state index is 12.4. The van der Waals surface area contributed by atoms with Crippen LogP contribution < -0.4 is 4.90 Å². The van der Waals surface area contributed by atoms with Crippen LogP contribution >= 0.6 is 0 Å². The summed E-state index contributed by atoms with van der Waals surface area (Å²) >= 11 is 0. The molecular formula is C24H34N2O4. The Morgan fingerprint density at radius 1 is 1.37 bits per heavy atom. The highest BCUT2D eigenvalue weighted by Gasteiger charge is 2.62. The number of hydrogen-bond donors (Lipinski definition) is 2. The van der Waals surface area contributed by atoms with Gasteiger partial charge in [-0.1, -0.05) is 26.3 Å². The maximum Gasteiger partial charge on any atom is 0.338 e. The smallest absolute Gasteiger partial charge is 0.338 e. The number of nitrogens with zero attached hydrogens (tertiary/aromatic N) is 2. The molecule has 2 aliphatic heterocycles. The van der Waals surface area contributed by atoms with E-state index in [1.165, 1.54) is 0 Å². The van der Waals surface area contributed by atoms with Gasteiger partial charge in [-0.2, -0.15) is 0 Å². The Morgan fingerprint density at radius 3 is 2.83 bits per heavy atom. The van der Waals surface area contributed by atoms with E-state index < -0.39 is 11.6 Å². The maximum atomic E-state index is 12.4. The van der Waals surface area contributed by atoms with Gasteiger partial charge in [0, 0.05) is 12.5 Å². The number of aromatic nitrogens is 1. The van der Waals surface area contributed by atoms with E-state index in [-0.39, 0.29) is 36.5 Å². The highest BCUT2D eigenvalue weighted by atomic mass is 16.6. The quantitative estimate of drug-likeness (QED) is 0.721. The van der Waals surface area contributed by atoms with Gasteiger partial charge in [0.25, 0.3) is 0 Å². The van der Waals surface area contributed by atoms with Gasteiger partial charge in [0.2, 0.25) is 0 Å². The first-order valence-corrected chi connectivity index (χ1v) is 11.3. The first-order valence-electron chi connectivity index (χ1n) is 11.3. The first-order chi connectivity index (χ1) is 14.4. The van der Waals surface area contributed by atoms with Crippen molar-refractivity contribution in [2.75, 3.05) is 18.1 Å². The predicted molar refractivity (Wildman–Crippen MR) is 116 cm³/mol. The number of fused-ring (bicyclic) bond motifs is 1. The van der Waals surface area contributed by atoms with Crippen LogP contribution in [0.2, 0.25) is 0 Å². The molecule has 30 heavy (non-hydrogen) atoms. The lowest BCUT2D eigenvalue weighted by Gasteiger charge is -2.45. The van der Waals surface area contributed by atoms with Crippen molar-refractivity contribution in [3.8, 4) is 0 Å². The van der Waals surface area contributed by atoms with E-state index in [0.717, 1.165) is 37.2 Å². The van der Waals surface area contributed by atoms with Crippen LogP contribution in [0.25, 0.3) is 6.08 Å². The summed E-state index contributed by atoms with van der Waals surface area (Å²) < 4.78 is 5.46. The summed E-state index contributed by atoms with van der Waals surface area (Å²) in [4.78, 5) is 19.2. The Bertz CT molecular complexity index is 795. The van der Waals surface area contributed by atoms with Crippen LogP contribution in [0.4, 0.5) is 5.69 Å². The number of aliphatic hydroxyl groups excluding tert-OH is 1. The van der Waals surface area contributed by atoms with Gasteiger partial charge in [-0.15, -0.1) is 0 Å². The molecule has 6 nitrogen and oxygen atoms in total. The van der Waals surface area contributed by atoms with E-state index in [1.807, 2.05) is 25.3 Å². The molecule has 1 aliphatic carbocycles. The predicted octanol–water partition coefficient (Wildman–Crippen LogP) is 3.03. The third kappa shape index (κ3) is 3.54. The van der Waals surface area contributed by atoms with Gasteiger partial charge in [0.05, 0.1) is 30.2 Å². The van der Waals surface area contributed by atoms with Crippen LogP contribution in [0, 0.1) is 23.7 Å². The van der Waals surface area contributed by atoms with E-state index in [9.17, 15) is 15.0 Å². The number of hydrogen-bond acceptors (Lipinski definition) is 6. The normalized spacial score (nSPS) is 38.8. The van der Waals surface area contributed by atoms with Gasteiger partial charge in [-0.25, -0.2) is 4.79 Å². The van der Waals surface area contributed by atoms with E-state index in [2.05, 4.69) is 35.9 Å². The number of rotatable bonds is 5. The summed E-state index contributed by atoms with van der Waals surface area (Å²) in [5.41, 5.74) is 0.512. The molecule has 164 valence electrons. The SMILES string of the molecule is CCC1C(C)CC2(O)C(=O)OC(C)C2C1/C=C/c1ccc(N2CCC[C@@H]2CO)cn1. The number of carbonyl (C=O) groups is 1. The van der Waals surface area contributed by atoms with Crippen LogP contribution in [-0.4, -0.2) is 52.1 Å². The van der Waals surface area contributed by atoms with Crippen molar-refractivity contribution in [1.29, 1.82) is 0 Å². The molecule has 4 rings (SSSR count). The lowest BCUT2D eigenvalue weighted by atomic mass is 9.59. The van der Waals surface area contributed by atoms with Gasteiger partial charge in [-0.05, 0) is 62.1 Å².